The van der Waals surface area contributed by atoms with Crippen LogP contribution in [0.15, 0.2) is 36.9 Å². The third kappa shape index (κ3) is 1.59. The molecule has 0 aliphatic heterocycles. The quantitative estimate of drug-likeness (QED) is 0.651. The van der Waals surface area contributed by atoms with Gasteiger partial charge in [-0.1, -0.05) is 43.0 Å². The molecule has 0 saturated heterocycles. The van der Waals surface area contributed by atoms with E-state index in [2.05, 4.69) is 6.58 Å². The Balaban J connectivity index is 2.42. The maximum absolute atomic E-state index is 11.5. The normalized spacial score (nSPS) is 18.5. The average molecular weight is 200 g/mol. The van der Waals surface area contributed by atoms with Crippen molar-refractivity contribution in [3.05, 3.63) is 48.0 Å². The summed E-state index contributed by atoms with van der Waals surface area (Å²) in [6, 6.07) is 7.88. The second-order valence-electron chi connectivity index (χ2n) is 3.47. The summed E-state index contributed by atoms with van der Waals surface area (Å²) in [4.78, 5) is 11.5. The highest BCUT2D eigenvalue weighted by Crippen LogP contribution is 2.32. The molecule has 0 bridgehead atoms. The van der Waals surface area contributed by atoms with Crippen LogP contribution in [0.3, 0.4) is 0 Å². The van der Waals surface area contributed by atoms with Gasteiger partial charge in [0.1, 0.15) is 5.92 Å². The first-order valence-corrected chi connectivity index (χ1v) is 4.78. The van der Waals surface area contributed by atoms with E-state index in [-0.39, 0.29) is 11.9 Å². The van der Waals surface area contributed by atoms with Crippen molar-refractivity contribution in [2.24, 2.45) is 5.92 Å². The van der Waals surface area contributed by atoms with Crippen molar-refractivity contribution in [1.29, 1.82) is 0 Å². The maximum Gasteiger partial charge on any atom is 0.317 e. The molecule has 0 fully saturated rings. The molecule has 1 aliphatic carbocycles. The molecule has 0 aromatic heterocycles. The third-order valence-corrected chi connectivity index (χ3v) is 2.61. The van der Waals surface area contributed by atoms with E-state index in [4.69, 9.17) is 4.74 Å². The molecule has 0 saturated carbocycles. The van der Waals surface area contributed by atoms with Crippen LogP contribution < -0.4 is 0 Å². The van der Waals surface area contributed by atoms with Crippen LogP contribution in [0.4, 0.5) is 0 Å². The Bertz CT molecular complexity index is 444. The van der Waals surface area contributed by atoms with Gasteiger partial charge in [-0.15, -0.1) is 0 Å². The van der Waals surface area contributed by atoms with Crippen LogP contribution in [-0.4, -0.2) is 13.1 Å². The Morgan fingerprint density at radius 2 is 2.13 bits per heavy atom. The Hall–Kier alpha value is -1.83. The number of rotatable bonds is 1. The smallest absolute Gasteiger partial charge is 0.317 e. The van der Waals surface area contributed by atoms with E-state index < -0.39 is 0 Å². The lowest BCUT2D eigenvalue weighted by molar-refractivity contribution is -0.141. The number of hydrogen-bond donors (Lipinski definition) is 0. The van der Waals surface area contributed by atoms with Gasteiger partial charge in [-0.2, -0.15) is 0 Å². The van der Waals surface area contributed by atoms with Crippen LogP contribution in [0, 0.1) is 5.92 Å². The zero-order valence-corrected chi connectivity index (χ0v) is 8.57. The minimum absolute atomic E-state index is 0.259. The van der Waals surface area contributed by atoms with Crippen LogP contribution in [0.25, 0.3) is 11.6 Å². The molecule has 1 aromatic carbocycles. The number of esters is 1. The standard InChI is InChI=1S/C13H12O2/c1-9-11-6-4-3-5-10(11)7-8-12(9)13(14)15-2/h3-8,12H,1H2,2H3. The topological polar surface area (TPSA) is 26.3 Å². The first kappa shape index (κ1) is 9.71. The lowest BCUT2D eigenvalue weighted by Crippen LogP contribution is -2.17. The predicted molar refractivity (Wildman–Crippen MR) is 60.0 cm³/mol. The largest absolute Gasteiger partial charge is 0.468 e. The van der Waals surface area contributed by atoms with Crippen molar-refractivity contribution >= 4 is 17.6 Å². The molecule has 2 nitrogen and oxygen atoms in total. The second kappa shape index (κ2) is 3.73. The summed E-state index contributed by atoms with van der Waals surface area (Å²) < 4.78 is 4.72. The Kier molecular flexibility index (Phi) is 2.42. The van der Waals surface area contributed by atoms with Gasteiger partial charge in [-0.05, 0) is 16.7 Å². The first-order chi connectivity index (χ1) is 7.24. The number of methoxy groups -OCH3 is 1. The molecule has 2 rings (SSSR count). The van der Waals surface area contributed by atoms with Crippen LogP contribution in [0.5, 0.6) is 0 Å². The van der Waals surface area contributed by atoms with Crippen LogP contribution in [-0.2, 0) is 9.53 Å². The van der Waals surface area contributed by atoms with Gasteiger partial charge < -0.3 is 4.74 Å². The summed E-state index contributed by atoms with van der Waals surface area (Å²) in [7, 11) is 1.39. The van der Waals surface area contributed by atoms with Gasteiger partial charge in [0, 0.05) is 0 Å². The molecule has 15 heavy (non-hydrogen) atoms. The summed E-state index contributed by atoms with van der Waals surface area (Å²) in [5.74, 6) is -0.601. The number of carbonyl (C=O) groups is 1. The van der Waals surface area contributed by atoms with Crippen LogP contribution in [0.1, 0.15) is 11.1 Å². The van der Waals surface area contributed by atoms with E-state index >= 15 is 0 Å². The van der Waals surface area contributed by atoms with Crippen LogP contribution in [0.2, 0.25) is 0 Å². The van der Waals surface area contributed by atoms with Gasteiger partial charge in [0.15, 0.2) is 0 Å². The summed E-state index contributed by atoms with van der Waals surface area (Å²) in [5, 5.41) is 0. The van der Waals surface area contributed by atoms with Gasteiger partial charge in [0.05, 0.1) is 7.11 Å². The van der Waals surface area contributed by atoms with E-state index in [0.717, 1.165) is 16.7 Å². The second-order valence-corrected chi connectivity index (χ2v) is 3.47. The maximum atomic E-state index is 11.5. The molecule has 0 radical (unpaired) electrons. The molecule has 2 heteroatoms. The molecule has 1 unspecified atom stereocenters. The molecule has 1 aliphatic rings. The van der Waals surface area contributed by atoms with E-state index in [1.54, 1.807) is 0 Å². The number of carbonyl (C=O) groups excluding carboxylic acids is 1. The van der Waals surface area contributed by atoms with E-state index in [0.29, 0.717) is 0 Å². The van der Waals surface area contributed by atoms with Gasteiger partial charge in [-0.25, -0.2) is 0 Å². The van der Waals surface area contributed by atoms with Gasteiger partial charge in [0.2, 0.25) is 0 Å². The fourth-order valence-corrected chi connectivity index (χ4v) is 1.77. The number of hydrogen-bond acceptors (Lipinski definition) is 2. The molecule has 1 atom stereocenters. The van der Waals surface area contributed by atoms with Gasteiger partial charge >= 0.3 is 5.97 Å². The Morgan fingerprint density at radius 1 is 1.40 bits per heavy atom. The van der Waals surface area contributed by atoms with E-state index in [9.17, 15) is 4.79 Å². The summed E-state index contributed by atoms with van der Waals surface area (Å²) in [6.07, 6.45) is 3.77. The lowest BCUT2D eigenvalue weighted by atomic mass is 9.85. The molecule has 1 aromatic rings. The predicted octanol–water partition coefficient (Wildman–Crippen LogP) is 2.52. The minimum Gasteiger partial charge on any atom is -0.468 e. The fraction of sp³-hybridized carbons (Fsp3) is 0.154. The van der Waals surface area contributed by atoms with Crippen molar-refractivity contribution in [2.45, 2.75) is 0 Å². The minimum atomic E-state index is -0.343. The van der Waals surface area contributed by atoms with E-state index in [1.807, 2.05) is 36.4 Å². The zero-order chi connectivity index (χ0) is 10.8. The monoisotopic (exact) mass is 200 g/mol. The van der Waals surface area contributed by atoms with Crippen molar-refractivity contribution in [1.82, 2.24) is 0 Å². The fourth-order valence-electron chi connectivity index (χ4n) is 1.77. The molecule has 76 valence electrons. The molecule has 0 N–H and O–H groups in total. The van der Waals surface area contributed by atoms with Gasteiger partial charge in [-0.3, -0.25) is 4.79 Å². The Labute approximate surface area is 88.9 Å². The molecule has 0 spiro atoms. The number of ether oxygens (including phenoxy) is 1. The van der Waals surface area contributed by atoms with Crippen molar-refractivity contribution < 1.29 is 9.53 Å². The summed E-state index contributed by atoms with van der Waals surface area (Å²) in [6.45, 7) is 3.95. The molecular formula is C13H12O2. The molecule has 0 amide bonds. The SMILES string of the molecule is C=C1c2ccccc2C=CC1C(=O)OC. The molecular weight excluding hydrogens is 188 g/mol. The Morgan fingerprint density at radius 3 is 2.87 bits per heavy atom. The number of benzene rings is 1. The highest BCUT2D eigenvalue weighted by molar-refractivity contribution is 5.94. The van der Waals surface area contributed by atoms with Crippen molar-refractivity contribution in [3.63, 3.8) is 0 Å². The first-order valence-electron chi connectivity index (χ1n) is 4.78. The number of fused-ring (bicyclic) bond motifs is 1. The zero-order valence-electron chi connectivity index (χ0n) is 8.57. The van der Waals surface area contributed by atoms with Crippen LogP contribution >= 0.6 is 0 Å². The van der Waals surface area contributed by atoms with E-state index in [1.165, 1.54) is 7.11 Å². The van der Waals surface area contributed by atoms with Crippen molar-refractivity contribution in [3.8, 4) is 0 Å². The van der Waals surface area contributed by atoms with Gasteiger partial charge in [0.25, 0.3) is 0 Å². The highest BCUT2D eigenvalue weighted by Gasteiger charge is 2.24. The van der Waals surface area contributed by atoms with Crippen molar-refractivity contribution in [2.75, 3.05) is 7.11 Å². The average Bonchev–Trinajstić information content (AvgIpc) is 2.29. The highest BCUT2D eigenvalue weighted by atomic mass is 16.5. The summed E-state index contributed by atoms with van der Waals surface area (Å²) >= 11 is 0. The third-order valence-electron chi connectivity index (χ3n) is 2.61. The lowest BCUT2D eigenvalue weighted by Gasteiger charge is -2.20. The summed E-state index contributed by atoms with van der Waals surface area (Å²) in [5.41, 5.74) is 2.93. The molecule has 0 heterocycles.